The van der Waals surface area contributed by atoms with E-state index in [1.807, 2.05) is 50.2 Å². The van der Waals surface area contributed by atoms with Crippen molar-refractivity contribution in [3.05, 3.63) is 47.7 Å². The largest absolute Gasteiger partial charge is 0.322 e. The van der Waals surface area contributed by atoms with Crippen molar-refractivity contribution in [2.75, 3.05) is 5.32 Å². The van der Waals surface area contributed by atoms with Gasteiger partial charge in [0.1, 0.15) is 5.82 Å². The number of carbonyl (C=O) groups excluding carboxylic acids is 2. The Morgan fingerprint density at radius 1 is 1.28 bits per heavy atom. The van der Waals surface area contributed by atoms with Crippen LogP contribution in [0.25, 0.3) is 0 Å². The molecule has 1 aromatic carbocycles. The Kier molecular flexibility index (Phi) is 5.67. The molecule has 1 saturated carbocycles. The minimum atomic E-state index is -0.461. The minimum Gasteiger partial charge on any atom is -0.322 e. The summed E-state index contributed by atoms with van der Waals surface area (Å²) >= 11 is 0. The van der Waals surface area contributed by atoms with Gasteiger partial charge in [-0.2, -0.15) is 5.10 Å². The van der Waals surface area contributed by atoms with Crippen LogP contribution in [0.5, 0.6) is 0 Å². The number of nitrogens with one attached hydrogen (secondary N) is 3. The van der Waals surface area contributed by atoms with Gasteiger partial charge >= 0.3 is 0 Å². The van der Waals surface area contributed by atoms with Gasteiger partial charge in [0.2, 0.25) is 11.8 Å². The lowest BCUT2D eigenvalue weighted by molar-refractivity contribution is -0.130. The lowest BCUT2D eigenvalue weighted by atomic mass is 9.95. The third-order valence-electron chi connectivity index (χ3n) is 5.83. The molecule has 2 aromatic rings. The molecule has 0 radical (unpaired) electrons. The SMILES string of the molecule is CCC1C(=O)NC(n2nc(C3CC3)cc2NC(=O)CCc2ccccc2)NC1C. The molecule has 2 aliphatic rings. The van der Waals surface area contributed by atoms with Crippen LogP contribution in [0.1, 0.15) is 63.0 Å². The number of aryl methyl sites for hydroxylation is 1. The van der Waals surface area contributed by atoms with Crippen molar-refractivity contribution >= 4 is 17.6 Å². The van der Waals surface area contributed by atoms with Gasteiger partial charge in [-0.15, -0.1) is 0 Å². The van der Waals surface area contributed by atoms with E-state index in [1.165, 1.54) is 0 Å². The first-order chi connectivity index (χ1) is 14.0. The van der Waals surface area contributed by atoms with Gasteiger partial charge in [-0.25, -0.2) is 4.68 Å². The lowest BCUT2D eigenvalue weighted by Crippen LogP contribution is -2.57. The number of hydrogen-bond donors (Lipinski definition) is 3. The van der Waals surface area contributed by atoms with Crippen molar-refractivity contribution in [2.45, 2.75) is 64.2 Å². The maximum absolute atomic E-state index is 12.6. The van der Waals surface area contributed by atoms with Gasteiger partial charge in [0.15, 0.2) is 6.29 Å². The van der Waals surface area contributed by atoms with Crippen molar-refractivity contribution in [1.82, 2.24) is 20.4 Å². The molecule has 4 rings (SSSR count). The number of anilines is 1. The van der Waals surface area contributed by atoms with Gasteiger partial charge in [-0.3, -0.25) is 14.9 Å². The molecular weight excluding hydrogens is 366 g/mol. The topological polar surface area (TPSA) is 88.1 Å². The van der Waals surface area contributed by atoms with Crippen molar-refractivity contribution in [2.24, 2.45) is 5.92 Å². The van der Waals surface area contributed by atoms with Crippen LogP contribution in [0.15, 0.2) is 36.4 Å². The molecule has 7 heteroatoms. The molecule has 1 aromatic heterocycles. The van der Waals surface area contributed by atoms with Crippen LogP contribution in [0.2, 0.25) is 0 Å². The molecule has 1 aliphatic heterocycles. The van der Waals surface area contributed by atoms with E-state index in [4.69, 9.17) is 5.10 Å². The zero-order valence-electron chi connectivity index (χ0n) is 17.0. The van der Waals surface area contributed by atoms with Crippen molar-refractivity contribution in [1.29, 1.82) is 0 Å². The highest BCUT2D eigenvalue weighted by Gasteiger charge is 2.35. The summed E-state index contributed by atoms with van der Waals surface area (Å²) in [4.78, 5) is 25.1. The predicted molar refractivity (Wildman–Crippen MR) is 111 cm³/mol. The van der Waals surface area contributed by atoms with Crippen molar-refractivity contribution < 1.29 is 9.59 Å². The van der Waals surface area contributed by atoms with Crippen molar-refractivity contribution in [3.63, 3.8) is 0 Å². The smallest absolute Gasteiger partial charge is 0.227 e. The van der Waals surface area contributed by atoms with Gasteiger partial charge in [-0.05, 0) is 38.2 Å². The highest BCUT2D eigenvalue weighted by atomic mass is 16.2. The number of benzene rings is 1. The van der Waals surface area contributed by atoms with Gasteiger partial charge in [0.25, 0.3) is 0 Å². The third-order valence-corrected chi connectivity index (χ3v) is 5.83. The molecule has 1 saturated heterocycles. The van der Waals surface area contributed by atoms with E-state index in [0.29, 0.717) is 24.6 Å². The number of aromatic nitrogens is 2. The lowest BCUT2D eigenvalue weighted by Gasteiger charge is -2.35. The Bertz CT molecular complexity index is 875. The first-order valence-corrected chi connectivity index (χ1v) is 10.5. The molecule has 0 spiro atoms. The average Bonchev–Trinajstić information content (AvgIpc) is 3.48. The zero-order chi connectivity index (χ0) is 20.4. The molecule has 3 N–H and O–H groups in total. The summed E-state index contributed by atoms with van der Waals surface area (Å²) in [7, 11) is 0. The van der Waals surface area contributed by atoms with E-state index in [-0.39, 0.29) is 23.8 Å². The normalized spacial score (nSPS) is 24.2. The van der Waals surface area contributed by atoms with Crippen LogP contribution < -0.4 is 16.0 Å². The van der Waals surface area contributed by atoms with Crippen LogP contribution in [0, 0.1) is 5.92 Å². The molecule has 29 heavy (non-hydrogen) atoms. The number of hydrogen-bond acceptors (Lipinski definition) is 4. The second kappa shape index (κ2) is 8.37. The quantitative estimate of drug-likeness (QED) is 0.673. The Morgan fingerprint density at radius 3 is 2.69 bits per heavy atom. The fourth-order valence-electron chi connectivity index (χ4n) is 3.94. The molecular formula is C22H29N5O2. The predicted octanol–water partition coefficient (Wildman–Crippen LogP) is 2.92. The Balaban J connectivity index is 1.48. The second-order valence-corrected chi connectivity index (χ2v) is 8.09. The van der Waals surface area contributed by atoms with Crippen LogP contribution in [0.4, 0.5) is 5.82 Å². The molecule has 7 nitrogen and oxygen atoms in total. The Labute approximate surface area is 171 Å². The van der Waals surface area contributed by atoms with Crippen LogP contribution >= 0.6 is 0 Å². The van der Waals surface area contributed by atoms with Crippen LogP contribution in [-0.2, 0) is 16.0 Å². The Morgan fingerprint density at radius 2 is 2.03 bits per heavy atom. The van der Waals surface area contributed by atoms with E-state index < -0.39 is 6.29 Å². The molecule has 3 unspecified atom stereocenters. The van der Waals surface area contributed by atoms with Crippen LogP contribution in [-0.4, -0.2) is 27.6 Å². The highest BCUT2D eigenvalue weighted by molar-refractivity contribution is 5.90. The number of rotatable bonds is 7. The van der Waals surface area contributed by atoms with Gasteiger partial charge in [0.05, 0.1) is 11.6 Å². The van der Waals surface area contributed by atoms with Crippen LogP contribution in [0.3, 0.4) is 0 Å². The third kappa shape index (κ3) is 4.50. The summed E-state index contributed by atoms with van der Waals surface area (Å²) in [6.07, 6.45) is 3.64. The minimum absolute atomic E-state index is 0.0218. The first kappa shape index (κ1) is 19.6. The summed E-state index contributed by atoms with van der Waals surface area (Å²) in [5.41, 5.74) is 2.11. The number of amides is 2. The zero-order valence-corrected chi connectivity index (χ0v) is 17.0. The van der Waals surface area contributed by atoms with Crippen molar-refractivity contribution in [3.8, 4) is 0 Å². The standard InChI is InChI=1S/C22H29N5O2/c1-3-17-14(2)23-22(25-21(17)29)27-19(13-18(26-27)16-10-11-16)24-20(28)12-9-15-7-5-4-6-8-15/h4-8,13-14,16-17,22-23H,3,9-12H2,1-2H3,(H,24,28)(H,25,29). The van der Waals surface area contributed by atoms with E-state index >= 15 is 0 Å². The fourth-order valence-corrected chi connectivity index (χ4v) is 3.94. The fraction of sp³-hybridized carbons (Fsp3) is 0.500. The second-order valence-electron chi connectivity index (χ2n) is 8.09. The maximum Gasteiger partial charge on any atom is 0.227 e. The summed E-state index contributed by atoms with van der Waals surface area (Å²) in [5, 5.41) is 14.2. The molecule has 2 fully saturated rings. The van der Waals surface area contributed by atoms with E-state index in [0.717, 1.165) is 30.5 Å². The summed E-state index contributed by atoms with van der Waals surface area (Å²) < 4.78 is 1.72. The number of carbonyl (C=O) groups is 2. The Hall–Kier alpha value is -2.67. The maximum atomic E-state index is 12.6. The van der Waals surface area contributed by atoms with Gasteiger partial charge in [-0.1, -0.05) is 37.3 Å². The first-order valence-electron chi connectivity index (χ1n) is 10.5. The molecule has 0 bridgehead atoms. The summed E-state index contributed by atoms with van der Waals surface area (Å²) in [5.74, 6) is 0.988. The molecule has 1 aliphatic carbocycles. The summed E-state index contributed by atoms with van der Waals surface area (Å²) in [6.45, 7) is 4.03. The summed E-state index contributed by atoms with van der Waals surface area (Å²) in [6, 6.07) is 12.0. The molecule has 154 valence electrons. The van der Waals surface area contributed by atoms with Gasteiger partial charge in [0, 0.05) is 24.4 Å². The average molecular weight is 396 g/mol. The van der Waals surface area contributed by atoms with Gasteiger partial charge < -0.3 is 10.6 Å². The van der Waals surface area contributed by atoms with E-state index in [2.05, 4.69) is 16.0 Å². The molecule has 3 atom stereocenters. The molecule has 2 amide bonds. The molecule has 2 heterocycles. The highest BCUT2D eigenvalue weighted by Crippen LogP contribution is 2.40. The van der Waals surface area contributed by atoms with E-state index in [9.17, 15) is 9.59 Å². The monoisotopic (exact) mass is 395 g/mol. The number of nitrogens with zero attached hydrogens (tertiary/aromatic N) is 2. The van der Waals surface area contributed by atoms with E-state index in [1.54, 1.807) is 4.68 Å².